The summed E-state index contributed by atoms with van der Waals surface area (Å²) in [5.41, 5.74) is 0.423. The van der Waals surface area contributed by atoms with Crippen LogP contribution < -0.4 is 15.5 Å². The average molecular weight is 385 g/mol. The van der Waals surface area contributed by atoms with Gasteiger partial charge in [-0.15, -0.1) is 0 Å². The third kappa shape index (κ3) is 4.48. The normalized spacial score (nSPS) is 11.9. The van der Waals surface area contributed by atoms with E-state index in [0.717, 1.165) is 0 Å². The molecule has 1 aromatic heterocycles. The molecule has 28 heavy (non-hydrogen) atoms. The maximum atomic E-state index is 12.4. The minimum absolute atomic E-state index is 0.0163. The third-order valence-electron chi connectivity index (χ3n) is 3.96. The van der Waals surface area contributed by atoms with Crippen molar-refractivity contribution < 1.29 is 29.3 Å². The maximum absolute atomic E-state index is 12.4. The van der Waals surface area contributed by atoms with Crippen LogP contribution >= 0.6 is 0 Å². The van der Waals surface area contributed by atoms with Crippen LogP contribution in [0.1, 0.15) is 0 Å². The number of hydrogen-bond acceptors (Lipinski definition) is 7. The summed E-state index contributed by atoms with van der Waals surface area (Å²) in [5.74, 6) is -0.370. The first-order chi connectivity index (χ1) is 13.5. The monoisotopic (exact) mass is 385 g/mol. The Hall–Kier alpha value is -3.36. The highest BCUT2D eigenvalue weighted by Gasteiger charge is 2.14. The van der Waals surface area contributed by atoms with Crippen molar-refractivity contribution in [2.45, 2.75) is 6.10 Å². The second kappa shape index (κ2) is 8.55. The zero-order valence-electron chi connectivity index (χ0n) is 14.8. The highest BCUT2D eigenvalue weighted by molar-refractivity contribution is 5.86. The summed E-state index contributed by atoms with van der Waals surface area (Å²) in [5, 5.41) is 30.5. The molecule has 0 unspecified atom stereocenters. The van der Waals surface area contributed by atoms with Crippen molar-refractivity contribution in [3.63, 3.8) is 0 Å². The number of aliphatic hydroxyl groups excluding tert-OH is 2. The lowest BCUT2D eigenvalue weighted by atomic mass is 10.1. The first-order valence-corrected chi connectivity index (χ1v) is 8.52. The van der Waals surface area contributed by atoms with Crippen molar-refractivity contribution in [2.24, 2.45) is 0 Å². The SMILES string of the molecule is O=C(COc1cc(O)c2c(=O)cc(-c3ccccc3)oc2c1)NC[C@H](O)CO. The van der Waals surface area contributed by atoms with Gasteiger partial charge in [-0.1, -0.05) is 30.3 Å². The molecule has 2 aromatic carbocycles. The molecule has 0 aliphatic heterocycles. The largest absolute Gasteiger partial charge is 0.507 e. The molecule has 0 fully saturated rings. The van der Waals surface area contributed by atoms with E-state index in [4.69, 9.17) is 14.3 Å². The van der Waals surface area contributed by atoms with Crippen molar-refractivity contribution in [2.75, 3.05) is 19.8 Å². The first kappa shape index (κ1) is 19.4. The van der Waals surface area contributed by atoms with Gasteiger partial charge in [0.2, 0.25) is 0 Å². The van der Waals surface area contributed by atoms with Crippen molar-refractivity contribution >= 4 is 16.9 Å². The standard InChI is InChI=1S/C20H19NO7/c22-10-13(23)9-21-19(26)11-27-14-6-15(24)20-16(25)8-17(28-18(20)7-14)12-4-2-1-3-5-12/h1-8,13,22-24H,9-11H2,(H,21,26)/t13-/m0/s1. The molecule has 4 N–H and O–H groups in total. The summed E-state index contributed by atoms with van der Waals surface area (Å²) in [6.07, 6.45) is -1.06. The third-order valence-corrected chi connectivity index (χ3v) is 3.96. The molecule has 3 rings (SSSR count). The Bertz CT molecular complexity index is 1030. The highest BCUT2D eigenvalue weighted by Crippen LogP contribution is 2.31. The average Bonchev–Trinajstić information content (AvgIpc) is 2.70. The predicted octanol–water partition coefficient (Wildman–Crippen LogP) is 1.01. The Morgan fingerprint density at radius 1 is 1.18 bits per heavy atom. The van der Waals surface area contributed by atoms with E-state index in [0.29, 0.717) is 11.3 Å². The zero-order valence-corrected chi connectivity index (χ0v) is 14.8. The van der Waals surface area contributed by atoms with Crippen LogP contribution in [0.2, 0.25) is 0 Å². The smallest absolute Gasteiger partial charge is 0.258 e. The van der Waals surface area contributed by atoms with Crippen molar-refractivity contribution in [1.29, 1.82) is 0 Å². The van der Waals surface area contributed by atoms with E-state index in [1.807, 2.05) is 18.2 Å². The van der Waals surface area contributed by atoms with Crippen LogP contribution in [0.4, 0.5) is 0 Å². The lowest BCUT2D eigenvalue weighted by Crippen LogP contribution is -2.36. The first-order valence-electron chi connectivity index (χ1n) is 8.52. The van der Waals surface area contributed by atoms with Gasteiger partial charge >= 0.3 is 0 Å². The summed E-state index contributed by atoms with van der Waals surface area (Å²) in [4.78, 5) is 24.1. The lowest BCUT2D eigenvalue weighted by molar-refractivity contribution is -0.123. The highest BCUT2D eigenvalue weighted by atomic mass is 16.5. The molecule has 0 spiro atoms. The Morgan fingerprint density at radius 2 is 1.93 bits per heavy atom. The molecule has 1 amide bonds. The molecular weight excluding hydrogens is 366 g/mol. The molecule has 3 aromatic rings. The number of phenols is 1. The molecule has 1 atom stereocenters. The molecule has 0 saturated heterocycles. The summed E-state index contributed by atoms with van der Waals surface area (Å²) in [6, 6.07) is 13.0. The number of nitrogens with one attached hydrogen (secondary N) is 1. The molecule has 146 valence electrons. The van der Waals surface area contributed by atoms with Crippen molar-refractivity contribution in [3.05, 3.63) is 58.8 Å². The van der Waals surface area contributed by atoms with Gasteiger partial charge in [-0.25, -0.2) is 0 Å². The van der Waals surface area contributed by atoms with E-state index >= 15 is 0 Å². The Balaban J connectivity index is 1.83. The van der Waals surface area contributed by atoms with Crippen molar-refractivity contribution in [1.82, 2.24) is 5.32 Å². The number of benzene rings is 2. The molecule has 0 aliphatic carbocycles. The molecule has 8 heteroatoms. The fourth-order valence-electron chi connectivity index (χ4n) is 2.57. The van der Waals surface area contributed by atoms with Gasteiger partial charge in [-0.05, 0) is 0 Å². The van der Waals surface area contributed by atoms with Gasteiger partial charge in [0, 0.05) is 30.3 Å². The summed E-state index contributed by atoms with van der Waals surface area (Å²) < 4.78 is 11.1. The van der Waals surface area contributed by atoms with Crippen LogP contribution in [0.5, 0.6) is 11.5 Å². The quantitative estimate of drug-likeness (QED) is 0.478. The number of aromatic hydroxyl groups is 1. The van der Waals surface area contributed by atoms with Crippen LogP contribution in [-0.2, 0) is 4.79 Å². The van der Waals surface area contributed by atoms with Gasteiger partial charge < -0.3 is 29.8 Å². The van der Waals surface area contributed by atoms with Gasteiger partial charge in [0.05, 0.1) is 12.7 Å². The summed E-state index contributed by atoms with van der Waals surface area (Å²) in [6.45, 7) is -0.967. The van der Waals surface area contributed by atoms with Crippen LogP contribution in [0.15, 0.2) is 57.7 Å². The molecule has 0 radical (unpaired) electrons. The molecule has 0 saturated carbocycles. The van der Waals surface area contributed by atoms with E-state index in [9.17, 15) is 19.8 Å². The molecule has 0 aliphatic rings. The number of fused-ring (bicyclic) bond motifs is 1. The maximum Gasteiger partial charge on any atom is 0.258 e. The molecule has 8 nitrogen and oxygen atoms in total. The van der Waals surface area contributed by atoms with Crippen LogP contribution in [0.3, 0.4) is 0 Å². The van der Waals surface area contributed by atoms with Gasteiger partial charge in [0.25, 0.3) is 5.91 Å². The molecule has 1 heterocycles. The number of ether oxygens (including phenoxy) is 1. The fourth-order valence-corrected chi connectivity index (χ4v) is 2.57. The second-order valence-electron chi connectivity index (χ2n) is 6.09. The van der Waals surface area contributed by atoms with Gasteiger partial charge in [-0.2, -0.15) is 0 Å². The molecular formula is C20H19NO7. The van der Waals surface area contributed by atoms with Gasteiger partial charge in [-0.3, -0.25) is 9.59 Å². The van der Waals surface area contributed by atoms with E-state index in [-0.39, 0.29) is 35.6 Å². The number of phenolic OH excluding ortho intramolecular Hbond substituents is 1. The van der Waals surface area contributed by atoms with Crippen LogP contribution in [-0.4, -0.2) is 47.1 Å². The van der Waals surface area contributed by atoms with Gasteiger partial charge in [0.15, 0.2) is 12.0 Å². The predicted molar refractivity (Wildman–Crippen MR) is 101 cm³/mol. The van der Waals surface area contributed by atoms with Crippen molar-refractivity contribution in [3.8, 4) is 22.8 Å². The van der Waals surface area contributed by atoms with E-state index < -0.39 is 24.0 Å². The number of hydrogen-bond donors (Lipinski definition) is 4. The van der Waals surface area contributed by atoms with E-state index in [2.05, 4.69) is 5.32 Å². The second-order valence-corrected chi connectivity index (χ2v) is 6.09. The Kier molecular flexibility index (Phi) is 5.93. The Labute approximate surface area is 159 Å². The minimum Gasteiger partial charge on any atom is -0.507 e. The zero-order chi connectivity index (χ0) is 20.1. The van der Waals surface area contributed by atoms with Crippen LogP contribution in [0.25, 0.3) is 22.3 Å². The van der Waals surface area contributed by atoms with E-state index in [1.165, 1.54) is 18.2 Å². The lowest BCUT2D eigenvalue weighted by Gasteiger charge is -2.11. The Morgan fingerprint density at radius 3 is 2.64 bits per heavy atom. The number of carbonyl (C=O) groups excluding carboxylic acids is 1. The van der Waals surface area contributed by atoms with Gasteiger partial charge in [0.1, 0.15) is 28.2 Å². The number of aliphatic hydroxyl groups is 2. The number of carbonyl (C=O) groups is 1. The number of rotatable bonds is 7. The summed E-state index contributed by atoms with van der Waals surface area (Å²) >= 11 is 0. The molecule has 0 bridgehead atoms. The van der Waals surface area contributed by atoms with E-state index in [1.54, 1.807) is 12.1 Å². The summed E-state index contributed by atoms with van der Waals surface area (Å²) in [7, 11) is 0. The number of amides is 1. The topological polar surface area (TPSA) is 129 Å². The fraction of sp³-hybridized carbons (Fsp3) is 0.200. The minimum atomic E-state index is -1.06. The van der Waals surface area contributed by atoms with Crippen LogP contribution in [0, 0.1) is 0 Å².